The van der Waals surface area contributed by atoms with E-state index in [0.29, 0.717) is 13.0 Å². The number of thiophene rings is 1. The van der Waals surface area contributed by atoms with E-state index >= 15 is 0 Å². The number of thiazole rings is 1. The van der Waals surface area contributed by atoms with Crippen molar-refractivity contribution in [3.63, 3.8) is 0 Å². The Bertz CT molecular complexity index is 967. The molecule has 0 saturated carbocycles. The van der Waals surface area contributed by atoms with Crippen molar-refractivity contribution in [2.24, 2.45) is 0 Å². The summed E-state index contributed by atoms with van der Waals surface area (Å²) in [5, 5.41) is 11.9. The molecule has 1 aliphatic rings. The average molecular weight is 415 g/mol. The van der Waals surface area contributed by atoms with Crippen LogP contribution in [-0.2, 0) is 17.8 Å². The van der Waals surface area contributed by atoms with E-state index in [-0.39, 0.29) is 11.4 Å². The zero-order valence-electron chi connectivity index (χ0n) is 16.5. The van der Waals surface area contributed by atoms with E-state index in [1.54, 1.807) is 22.7 Å². The normalized spacial score (nSPS) is 14.2. The lowest BCUT2D eigenvalue weighted by molar-refractivity contribution is -0.116. The van der Waals surface area contributed by atoms with Crippen LogP contribution in [0.2, 0.25) is 0 Å². The van der Waals surface area contributed by atoms with E-state index < -0.39 is 0 Å². The fraction of sp³-hybridized carbons (Fsp3) is 0.429. The van der Waals surface area contributed by atoms with Crippen LogP contribution in [-0.4, -0.2) is 29.5 Å². The van der Waals surface area contributed by atoms with Gasteiger partial charge in [-0.2, -0.15) is 0 Å². The summed E-state index contributed by atoms with van der Waals surface area (Å²) < 4.78 is 1.18. The minimum Gasteiger partial charge on any atom is -0.317 e. The van der Waals surface area contributed by atoms with Crippen LogP contribution in [0.25, 0.3) is 20.8 Å². The molecule has 0 radical (unpaired) electrons. The molecule has 3 heterocycles. The van der Waals surface area contributed by atoms with Gasteiger partial charge in [0, 0.05) is 35.5 Å². The van der Waals surface area contributed by atoms with Gasteiger partial charge in [-0.3, -0.25) is 4.79 Å². The molecule has 1 amide bonds. The highest BCUT2D eigenvalue weighted by Gasteiger charge is 2.25. The van der Waals surface area contributed by atoms with Crippen LogP contribution in [0.3, 0.4) is 0 Å². The summed E-state index contributed by atoms with van der Waals surface area (Å²) in [7, 11) is 0. The zero-order chi connectivity index (χ0) is 19.7. The number of para-hydroxylation sites is 1. The molecule has 7 heteroatoms. The Balaban J connectivity index is 1.62. The summed E-state index contributed by atoms with van der Waals surface area (Å²) >= 11 is 3.39. The molecule has 0 atom stereocenters. The van der Waals surface area contributed by atoms with Gasteiger partial charge in [0.25, 0.3) is 0 Å². The van der Waals surface area contributed by atoms with Crippen molar-refractivity contribution in [1.29, 1.82) is 0 Å². The number of hydrogen-bond acceptors (Lipinski definition) is 6. The molecule has 0 unspecified atom stereocenters. The maximum absolute atomic E-state index is 12.6. The highest BCUT2D eigenvalue weighted by Crippen LogP contribution is 2.44. The van der Waals surface area contributed by atoms with Crippen LogP contribution in [0.1, 0.15) is 37.6 Å². The Kier molecular flexibility index (Phi) is 5.51. The van der Waals surface area contributed by atoms with Crippen LogP contribution in [0.4, 0.5) is 5.00 Å². The van der Waals surface area contributed by atoms with Crippen molar-refractivity contribution in [1.82, 2.24) is 15.6 Å². The third-order valence-electron chi connectivity index (χ3n) is 4.70. The maximum atomic E-state index is 12.6. The first kappa shape index (κ1) is 19.5. The number of amides is 1. The predicted octanol–water partition coefficient (Wildman–Crippen LogP) is 4.39. The molecule has 1 aliphatic heterocycles. The van der Waals surface area contributed by atoms with E-state index in [1.165, 1.54) is 15.1 Å². The lowest BCUT2D eigenvalue weighted by Gasteiger charge is -2.20. The van der Waals surface area contributed by atoms with Crippen molar-refractivity contribution in [2.45, 2.75) is 45.7 Å². The van der Waals surface area contributed by atoms with E-state index in [0.717, 1.165) is 40.6 Å². The molecular weight excluding hydrogens is 388 g/mol. The number of aromatic nitrogens is 1. The monoisotopic (exact) mass is 414 g/mol. The first-order valence-electron chi connectivity index (χ1n) is 9.67. The Morgan fingerprint density at radius 1 is 1.25 bits per heavy atom. The molecular formula is C21H26N4OS2. The van der Waals surface area contributed by atoms with E-state index in [9.17, 15) is 4.79 Å². The second-order valence-corrected chi connectivity index (χ2v) is 10.2. The summed E-state index contributed by atoms with van der Waals surface area (Å²) in [4.78, 5) is 18.8. The molecule has 0 saturated heterocycles. The molecule has 3 N–H and O–H groups in total. The van der Waals surface area contributed by atoms with Gasteiger partial charge >= 0.3 is 0 Å². The number of nitrogens with zero attached hydrogens (tertiary/aromatic N) is 1. The zero-order valence-corrected chi connectivity index (χ0v) is 18.1. The summed E-state index contributed by atoms with van der Waals surface area (Å²) in [6.07, 6.45) is 1.43. The molecule has 0 bridgehead atoms. The number of carbonyl (C=O) groups is 1. The molecule has 3 aromatic rings. The van der Waals surface area contributed by atoms with Gasteiger partial charge in [0.15, 0.2) is 0 Å². The number of fused-ring (bicyclic) bond motifs is 2. The Morgan fingerprint density at radius 3 is 2.86 bits per heavy atom. The summed E-state index contributed by atoms with van der Waals surface area (Å²) in [6, 6.07) is 8.21. The maximum Gasteiger partial charge on any atom is 0.226 e. The quantitative estimate of drug-likeness (QED) is 0.579. The van der Waals surface area contributed by atoms with Gasteiger partial charge in [-0.1, -0.05) is 12.1 Å². The number of nitrogens with one attached hydrogen (secondary N) is 3. The Morgan fingerprint density at radius 2 is 2.07 bits per heavy atom. The van der Waals surface area contributed by atoms with Crippen molar-refractivity contribution in [3.8, 4) is 10.6 Å². The SMILES string of the molecule is CC(C)(C)NCCC(=O)Nc1sc2c(c1-c1nc3ccccc3s1)CCNC2. The standard InChI is InChI=1S/C21H26N4OS2/c1-21(2,3)23-11-9-17(26)25-20-18(13-8-10-22-12-16(13)28-20)19-24-14-6-4-5-7-15(14)27-19/h4-7,22-23H,8-12H2,1-3H3,(H,25,26). The van der Waals surface area contributed by atoms with Crippen LogP contribution < -0.4 is 16.0 Å². The largest absolute Gasteiger partial charge is 0.317 e. The highest BCUT2D eigenvalue weighted by atomic mass is 32.1. The number of carbonyl (C=O) groups excluding carboxylic acids is 1. The van der Waals surface area contributed by atoms with Crippen LogP contribution >= 0.6 is 22.7 Å². The number of rotatable bonds is 5. The van der Waals surface area contributed by atoms with E-state index in [4.69, 9.17) is 4.98 Å². The molecule has 2 aromatic heterocycles. The Hall–Kier alpha value is -1.80. The lowest BCUT2D eigenvalue weighted by atomic mass is 10.0. The van der Waals surface area contributed by atoms with Gasteiger partial charge in [0.05, 0.1) is 10.2 Å². The molecule has 1 aromatic carbocycles. The van der Waals surface area contributed by atoms with Crippen molar-refractivity contribution in [3.05, 3.63) is 34.7 Å². The second-order valence-electron chi connectivity index (χ2n) is 8.10. The summed E-state index contributed by atoms with van der Waals surface area (Å²) in [5.74, 6) is 0.0469. The highest BCUT2D eigenvalue weighted by molar-refractivity contribution is 7.22. The van der Waals surface area contributed by atoms with Crippen LogP contribution in [0, 0.1) is 0 Å². The smallest absolute Gasteiger partial charge is 0.226 e. The number of anilines is 1. The predicted molar refractivity (Wildman–Crippen MR) is 119 cm³/mol. The van der Waals surface area contributed by atoms with E-state index in [2.05, 4.69) is 42.8 Å². The molecule has 28 heavy (non-hydrogen) atoms. The minimum absolute atomic E-state index is 0.0140. The first-order valence-corrected chi connectivity index (χ1v) is 11.3. The Labute approximate surface area is 173 Å². The van der Waals surface area contributed by atoms with Crippen molar-refractivity contribution in [2.75, 3.05) is 18.4 Å². The van der Waals surface area contributed by atoms with Crippen LogP contribution in [0.5, 0.6) is 0 Å². The molecule has 0 spiro atoms. The summed E-state index contributed by atoms with van der Waals surface area (Å²) in [5.41, 5.74) is 3.49. The van der Waals surface area contributed by atoms with Crippen molar-refractivity contribution < 1.29 is 4.79 Å². The average Bonchev–Trinajstić information content (AvgIpc) is 3.20. The summed E-state index contributed by atoms with van der Waals surface area (Å²) in [6.45, 7) is 8.81. The lowest BCUT2D eigenvalue weighted by Crippen LogP contribution is -2.37. The third-order valence-corrected chi connectivity index (χ3v) is 6.90. The van der Waals surface area contributed by atoms with Gasteiger partial charge in [-0.15, -0.1) is 22.7 Å². The van der Waals surface area contributed by atoms with Gasteiger partial charge in [-0.05, 0) is 51.4 Å². The molecule has 5 nitrogen and oxygen atoms in total. The van der Waals surface area contributed by atoms with Gasteiger partial charge < -0.3 is 16.0 Å². The van der Waals surface area contributed by atoms with Crippen LogP contribution in [0.15, 0.2) is 24.3 Å². The van der Waals surface area contributed by atoms with Crippen molar-refractivity contribution >= 4 is 43.8 Å². The fourth-order valence-corrected chi connectivity index (χ4v) is 5.71. The van der Waals surface area contributed by atoms with Gasteiger partial charge in [0.1, 0.15) is 10.0 Å². The second kappa shape index (κ2) is 7.91. The molecule has 4 rings (SSSR count). The fourth-order valence-electron chi connectivity index (χ4n) is 3.37. The molecule has 148 valence electrons. The topological polar surface area (TPSA) is 66.0 Å². The molecule has 0 fully saturated rings. The number of hydrogen-bond donors (Lipinski definition) is 3. The van der Waals surface area contributed by atoms with E-state index in [1.807, 2.05) is 18.2 Å². The first-order chi connectivity index (χ1) is 13.4. The third kappa shape index (κ3) is 4.27. The molecule has 0 aliphatic carbocycles. The van der Waals surface area contributed by atoms with Gasteiger partial charge in [0.2, 0.25) is 5.91 Å². The number of benzene rings is 1. The van der Waals surface area contributed by atoms with Gasteiger partial charge in [-0.25, -0.2) is 4.98 Å². The minimum atomic E-state index is 0.0140.